The van der Waals surface area contributed by atoms with Crippen LogP contribution in [0.3, 0.4) is 0 Å². The number of aromatic nitrogens is 2. The summed E-state index contributed by atoms with van der Waals surface area (Å²) in [7, 11) is 1.59. The lowest BCUT2D eigenvalue weighted by Crippen LogP contribution is -2.36. The fourth-order valence-electron chi connectivity index (χ4n) is 2.50. The summed E-state index contributed by atoms with van der Waals surface area (Å²) in [6.45, 7) is 5.37. The van der Waals surface area contributed by atoms with Gasteiger partial charge in [-0.25, -0.2) is 0 Å². The molecule has 0 N–H and O–H groups in total. The van der Waals surface area contributed by atoms with E-state index >= 15 is 0 Å². The summed E-state index contributed by atoms with van der Waals surface area (Å²) >= 11 is 0. The van der Waals surface area contributed by atoms with E-state index in [-0.39, 0.29) is 23.3 Å². The van der Waals surface area contributed by atoms with Crippen molar-refractivity contribution in [3.8, 4) is 11.4 Å². The van der Waals surface area contributed by atoms with Gasteiger partial charge < -0.3 is 14.2 Å². The van der Waals surface area contributed by atoms with Gasteiger partial charge in [0.05, 0.1) is 11.5 Å². The van der Waals surface area contributed by atoms with Gasteiger partial charge in [-0.15, -0.1) is 0 Å². The Labute approximate surface area is 157 Å². The van der Waals surface area contributed by atoms with Crippen molar-refractivity contribution in [1.82, 2.24) is 15.0 Å². The molecule has 0 fully saturated rings. The van der Waals surface area contributed by atoms with Crippen LogP contribution < -0.4 is 0 Å². The summed E-state index contributed by atoms with van der Waals surface area (Å²) < 4.78 is 10.3. The number of benzene rings is 1. The van der Waals surface area contributed by atoms with Gasteiger partial charge >= 0.3 is 0 Å². The van der Waals surface area contributed by atoms with E-state index in [2.05, 4.69) is 10.1 Å². The topological polar surface area (TPSA) is 112 Å². The Morgan fingerprint density at radius 2 is 2.15 bits per heavy atom. The standard InChI is InChI=1S/C18H24N4O5/c1-13(2)11-17(23)21(9-10-26-3)8-7-16-19-18(20-27-16)14-5-4-6-15(12-14)22(24)25/h4-6,12-13H,7-11H2,1-3H3. The Morgan fingerprint density at radius 3 is 2.81 bits per heavy atom. The van der Waals surface area contributed by atoms with Crippen molar-refractivity contribution in [1.29, 1.82) is 0 Å². The highest BCUT2D eigenvalue weighted by Gasteiger charge is 2.17. The molecule has 0 spiro atoms. The van der Waals surface area contributed by atoms with E-state index in [9.17, 15) is 14.9 Å². The maximum Gasteiger partial charge on any atom is 0.270 e. The SMILES string of the molecule is COCCN(CCc1nc(-c2cccc([N+](=O)[O-])c2)no1)C(=O)CC(C)C. The molecule has 0 saturated carbocycles. The summed E-state index contributed by atoms with van der Waals surface area (Å²) in [5.74, 6) is 0.980. The second kappa shape index (κ2) is 9.77. The number of non-ortho nitro benzene ring substituents is 1. The number of amides is 1. The van der Waals surface area contributed by atoms with Gasteiger partial charge in [-0.3, -0.25) is 14.9 Å². The highest BCUT2D eigenvalue weighted by atomic mass is 16.6. The van der Waals surface area contributed by atoms with Crippen LogP contribution in [0.4, 0.5) is 5.69 Å². The van der Waals surface area contributed by atoms with Gasteiger partial charge in [0.15, 0.2) is 0 Å². The van der Waals surface area contributed by atoms with Gasteiger partial charge in [-0.2, -0.15) is 4.98 Å². The summed E-state index contributed by atoms with van der Waals surface area (Å²) in [5.41, 5.74) is 0.468. The average molecular weight is 376 g/mol. The number of nitro benzene ring substituents is 1. The Bertz CT molecular complexity index is 775. The molecule has 0 bridgehead atoms. The first-order valence-electron chi connectivity index (χ1n) is 8.74. The van der Waals surface area contributed by atoms with E-state index in [1.165, 1.54) is 12.1 Å². The highest BCUT2D eigenvalue weighted by molar-refractivity contribution is 5.76. The second-order valence-corrected chi connectivity index (χ2v) is 6.54. The Hall–Kier alpha value is -2.81. The van der Waals surface area contributed by atoms with Crippen LogP contribution in [0.1, 0.15) is 26.2 Å². The zero-order chi connectivity index (χ0) is 19.8. The molecule has 1 amide bonds. The molecule has 9 heteroatoms. The van der Waals surface area contributed by atoms with Crippen LogP contribution in [0, 0.1) is 16.0 Å². The average Bonchev–Trinajstić information content (AvgIpc) is 3.10. The quantitative estimate of drug-likeness (QED) is 0.463. The predicted molar refractivity (Wildman–Crippen MR) is 98.0 cm³/mol. The van der Waals surface area contributed by atoms with E-state index in [1.54, 1.807) is 24.1 Å². The lowest BCUT2D eigenvalue weighted by atomic mass is 10.1. The van der Waals surface area contributed by atoms with Crippen molar-refractivity contribution in [2.24, 2.45) is 5.92 Å². The molecule has 0 atom stereocenters. The largest absolute Gasteiger partial charge is 0.383 e. The van der Waals surface area contributed by atoms with Crippen LogP contribution in [0.15, 0.2) is 28.8 Å². The Kier molecular flexibility index (Phi) is 7.42. The van der Waals surface area contributed by atoms with E-state index in [0.29, 0.717) is 44.0 Å². The minimum atomic E-state index is -0.474. The van der Waals surface area contributed by atoms with Gasteiger partial charge in [0.2, 0.25) is 17.6 Å². The number of rotatable bonds is 10. The first kappa shape index (κ1) is 20.5. The summed E-state index contributed by atoms with van der Waals surface area (Å²) in [5, 5.41) is 14.8. The van der Waals surface area contributed by atoms with Crippen LogP contribution in [0.5, 0.6) is 0 Å². The molecule has 1 aromatic heterocycles. The minimum absolute atomic E-state index is 0.0381. The molecule has 1 aromatic carbocycles. The minimum Gasteiger partial charge on any atom is -0.383 e. The number of ether oxygens (including phenoxy) is 1. The molecule has 146 valence electrons. The van der Waals surface area contributed by atoms with Gasteiger partial charge in [0.25, 0.3) is 5.69 Å². The molecule has 0 aliphatic heterocycles. The molecular formula is C18H24N4O5. The first-order valence-corrected chi connectivity index (χ1v) is 8.74. The monoisotopic (exact) mass is 376 g/mol. The number of nitro groups is 1. The molecule has 0 aliphatic rings. The van der Waals surface area contributed by atoms with Crippen LogP contribution >= 0.6 is 0 Å². The maximum atomic E-state index is 12.3. The van der Waals surface area contributed by atoms with Crippen molar-refractivity contribution in [3.05, 3.63) is 40.3 Å². The van der Waals surface area contributed by atoms with Gasteiger partial charge in [0.1, 0.15) is 0 Å². The molecule has 2 rings (SSSR count). The van der Waals surface area contributed by atoms with E-state index < -0.39 is 4.92 Å². The second-order valence-electron chi connectivity index (χ2n) is 6.54. The predicted octanol–water partition coefficient (Wildman–Crippen LogP) is 2.71. The summed E-state index contributed by atoms with van der Waals surface area (Å²) in [6, 6.07) is 6.05. The smallest absolute Gasteiger partial charge is 0.270 e. The zero-order valence-electron chi connectivity index (χ0n) is 15.8. The van der Waals surface area contributed by atoms with E-state index in [4.69, 9.17) is 9.26 Å². The van der Waals surface area contributed by atoms with Crippen LogP contribution in [-0.2, 0) is 16.0 Å². The fourth-order valence-corrected chi connectivity index (χ4v) is 2.50. The number of carbonyl (C=O) groups excluding carboxylic acids is 1. The van der Waals surface area contributed by atoms with Crippen LogP contribution in [0.2, 0.25) is 0 Å². The maximum absolute atomic E-state index is 12.3. The van der Waals surface area contributed by atoms with Crippen molar-refractivity contribution in [2.45, 2.75) is 26.7 Å². The van der Waals surface area contributed by atoms with Crippen molar-refractivity contribution in [2.75, 3.05) is 26.8 Å². The fraction of sp³-hybridized carbons (Fsp3) is 0.500. The third-order valence-electron chi connectivity index (χ3n) is 3.88. The molecule has 0 unspecified atom stereocenters. The number of hydrogen-bond acceptors (Lipinski definition) is 7. The summed E-state index contributed by atoms with van der Waals surface area (Å²) in [6.07, 6.45) is 0.863. The normalized spacial score (nSPS) is 11.0. The third-order valence-corrected chi connectivity index (χ3v) is 3.88. The first-order chi connectivity index (χ1) is 12.9. The van der Waals surface area contributed by atoms with E-state index in [0.717, 1.165) is 0 Å². The Morgan fingerprint density at radius 1 is 1.37 bits per heavy atom. The van der Waals surface area contributed by atoms with Crippen LogP contribution in [0.25, 0.3) is 11.4 Å². The van der Waals surface area contributed by atoms with Gasteiger partial charge in [-0.1, -0.05) is 31.1 Å². The zero-order valence-corrected chi connectivity index (χ0v) is 15.8. The molecule has 2 aromatic rings. The highest BCUT2D eigenvalue weighted by Crippen LogP contribution is 2.21. The molecule has 0 radical (unpaired) electrons. The lowest BCUT2D eigenvalue weighted by Gasteiger charge is -2.22. The molecule has 1 heterocycles. The molecule has 0 aliphatic carbocycles. The van der Waals surface area contributed by atoms with Crippen molar-refractivity contribution >= 4 is 11.6 Å². The number of methoxy groups -OCH3 is 1. The third kappa shape index (κ3) is 6.14. The van der Waals surface area contributed by atoms with E-state index in [1.807, 2.05) is 13.8 Å². The number of hydrogen-bond donors (Lipinski definition) is 0. The molecule has 0 saturated heterocycles. The molecule has 27 heavy (non-hydrogen) atoms. The van der Waals surface area contributed by atoms with Crippen LogP contribution in [-0.4, -0.2) is 52.7 Å². The van der Waals surface area contributed by atoms with Gasteiger partial charge in [0, 0.05) is 50.7 Å². The molecule has 9 nitrogen and oxygen atoms in total. The molecular weight excluding hydrogens is 352 g/mol. The summed E-state index contributed by atoms with van der Waals surface area (Å²) in [4.78, 5) is 28.8. The Balaban J connectivity index is 2.03. The van der Waals surface area contributed by atoms with Crippen molar-refractivity contribution in [3.63, 3.8) is 0 Å². The van der Waals surface area contributed by atoms with Crippen molar-refractivity contribution < 1.29 is 19.0 Å². The number of nitrogens with zero attached hydrogens (tertiary/aromatic N) is 4. The lowest BCUT2D eigenvalue weighted by molar-refractivity contribution is -0.384. The number of carbonyl (C=O) groups is 1. The van der Waals surface area contributed by atoms with Gasteiger partial charge in [-0.05, 0) is 5.92 Å².